The van der Waals surface area contributed by atoms with Crippen molar-refractivity contribution < 1.29 is 14.4 Å². The van der Waals surface area contributed by atoms with Gasteiger partial charge in [0.2, 0.25) is 0 Å². The number of rotatable bonds is 11. The Hall–Kier alpha value is 1.72. The zero-order valence-electron chi connectivity index (χ0n) is 11.2. The molecule has 0 unspecified atom stereocenters. The molecule has 0 atom stereocenters. The Labute approximate surface area is 146 Å². The van der Waals surface area contributed by atoms with Gasteiger partial charge < -0.3 is 14.4 Å². The summed E-state index contributed by atoms with van der Waals surface area (Å²) in [4.78, 5) is 20.7. The van der Waals surface area contributed by atoms with Gasteiger partial charge in [0.15, 0.2) is 0 Å². The van der Waals surface area contributed by atoms with Gasteiger partial charge in [0.1, 0.15) is 0 Å². The second-order valence-corrected chi connectivity index (χ2v) is 6.19. The summed E-state index contributed by atoms with van der Waals surface area (Å²) < 4.78 is 10.3. The number of unbranched alkanes of at least 4 members (excludes halogenated alkanes) is 9. The number of hydrogen-bond acceptors (Lipinski definition) is 3. The van der Waals surface area contributed by atoms with Crippen LogP contribution in [0.25, 0.3) is 0 Å². The fourth-order valence-corrected chi connectivity index (χ4v) is 2.40. The van der Waals surface area contributed by atoms with E-state index in [1.807, 2.05) is 0 Å². The van der Waals surface area contributed by atoms with E-state index in [4.69, 9.17) is 0 Å². The maximum absolute atomic E-state index is 10.3. The zero-order chi connectivity index (χ0) is 12.3. The van der Waals surface area contributed by atoms with Gasteiger partial charge in [-0.2, -0.15) is 0 Å². The predicted octanol–water partition coefficient (Wildman–Crippen LogP) is 2.44. The predicted molar refractivity (Wildman–Crippen MR) is 70.1 cm³/mol. The summed E-state index contributed by atoms with van der Waals surface area (Å²) >= 11 is 0. The zero-order valence-corrected chi connectivity index (χ0v) is 16.5. The van der Waals surface area contributed by atoms with Crippen LogP contribution in [0.3, 0.4) is 0 Å². The molecular weight excluding hydrogens is 360 g/mol. The minimum atomic E-state index is -4.24. The van der Waals surface area contributed by atoms with Crippen molar-refractivity contribution in [1.82, 2.24) is 0 Å². The van der Waals surface area contributed by atoms with Crippen molar-refractivity contribution in [3.8, 4) is 0 Å². The minimum Gasteiger partial charge on any atom is -0.811 e. The normalized spacial score (nSPS) is 11.2. The average Bonchev–Trinajstić information content (AvgIpc) is 2.19. The quantitative estimate of drug-likeness (QED) is 0.312. The maximum Gasteiger partial charge on any atom is 2.00 e. The molecule has 0 aliphatic heterocycles. The van der Waals surface area contributed by atoms with Crippen LogP contribution in [0.4, 0.5) is 0 Å². The first-order valence-electron chi connectivity index (χ1n) is 6.57. The molecule has 0 N–H and O–H groups in total. The summed E-state index contributed by atoms with van der Waals surface area (Å²) in [6.45, 7) is 2.21. The molecule has 0 heterocycles. The van der Waals surface area contributed by atoms with Gasteiger partial charge in [-0.15, -0.1) is 0 Å². The topological polar surface area (TPSA) is 63.2 Å². The van der Waals surface area contributed by atoms with E-state index >= 15 is 0 Å². The Morgan fingerprint density at radius 3 is 1.47 bits per heavy atom. The van der Waals surface area contributed by atoms with E-state index in [1.165, 1.54) is 44.9 Å². The molecule has 0 aliphatic carbocycles. The van der Waals surface area contributed by atoms with E-state index in [9.17, 15) is 14.4 Å². The van der Waals surface area contributed by atoms with E-state index < -0.39 is 7.60 Å². The van der Waals surface area contributed by atoms with Crippen molar-refractivity contribution in [2.75, 3.05) is 6.16 Å². The number of hydrogen-bond donors (Lipinski definition) is 0. The Morgan fingerprint density at radius 2 is 1.12 bits per heavy atom. The Balaban J connectivity index is 0. The van der Waals surface area contributed by atoms with Crippen molar-refractivity contribution in [2.45, 2.75) is 71.1 Å². The molecule has 98 valence electrons. The molecular formula is C12H25BaO3P. The van der Waals surface area contributed by atoms with E-state index in [0.29, 0.717) is 6.42 Å². The van der Waals surface area contributed by atoms with Gasteiger partial charge in [0.05, 0.1) is 0 Å². The summed E-state index contributed by atoms with van der Waals surface area (Å²) in [6, 6.07) is 0. The van der Waals surface area contributed by atoms with Gasteiger partial charge >= 0.3 is 48.9 Å². The van der Waals surface area contributed by atoms with Crippen molar-refractivity contribution >= 4 is 56.5 Å². The summed E-state index contributed by atoms with van der Waals surface area (Å²) in [7, 11) is -4.24. The van der Waals surface area contributed by atoms with Crippen molar-refractivity contribution in [1.29, 1.82) is 0 Å². The molecule has 0 amide bonds. The maximum atomic E-state index is 10.3. The molecule has 0 aromatic rings. The second-order valence-electron chi connectivity index (χ2n) is 4.52. The first-order valence-corrected chi connectivity index (χ1v) is 8.30. The van der Waals surface area contributed by atoms with E-state index in [2.05, 4.69) is 6.92 Å². The molecule has 0 saturated heterocycles. The SMILES string of the molecule is CCCCCCCCCCCCP(=O)([O-])[O-].[Ba+2]. The van der Waals surface area contributed by atoms with Crippen molar-refractivity contribution in [3.05, 3.63) is 0 Å². The Kier molecular flexibility index (Phi) is 17.5. The average molecular weight is 386 g/mol. The van der Waals surface area contributed by atoms with Crippen LogP contribution in [0.1, 0.15) is 71.1 Å². The second kappa shape index (κ2) is 14.1. The summed E-state index contributed by atoms with van der Waals surface area (Å²) in [5, 5.41) is 0. The smallest absolute Gasteiger partial charge is 0.811 e. The largest absolute Gasteiger partial charge is 2.00 e. The van der Waals surface area contributed by atoms with Crippen LogP contribution in [0.2, 0.25) is 0 Å². The fraction of sp³-hybridized carbons (Fsp3) is 1.00. The molecule has 0 spiro atoms. The van der Waals surface area contributed by atoms with E-state index in [0.717, 1.165) is 12.8 Å². The molecule has 0 radical (unpaired) electrons. The third kappa shape index (κ3) is 20.2. The molecule has 5 heteroatoms. The Morgan fingerprint density at radius 1 is 0.765 bits per heavy atom. The van der Waals surface area contributed by atoms with Crippen LogP contribution in [-0.4, -0.2) is 55.0 Å². The monoisotopic (exact) mass is 386 g/mol. The van der Waals surface area contributed by atoms with E-state index in [1.54, 1.807) is 0 Å². The molecule has 3 nitrogen and oxygen atoms in total. The standard InChI is InChI=1S/C12H27O3P.Ba/c1-2-3-4-5-6-7-8-9-10-11-12-16(13,14)15;/h2-12H2,1H3,(H2,13,14,15);/q;+2/p-2. The van der Waals surface area contributed by atoms with Crippen LogP contribution in [0.5, 0.6) is 0 Å². The molecule has 0 aromatic carbocycles. The van der Waals surface area contributed by atoms with Gasteiger partial charge in [0, 0.05) is 0 Å². The van der Waals surface area contributed by atoms with Crippen LogP contribution >= 0.6 is 7.60 Å². The van der Waals surface area contributed by atoms with Gasteiger partial charge in [-0.25, -0.2) is 0 Å². The van der Waals surface area contributed by atoms with Gasteiger partial charge in [-0.05, 0) is 12.6 Å². The van der Waals surface area contributed by atoms with Gasteiger partial charge in [-0.1, -0.05) is 72.3 Å². The molecule has 0 rings (SSSR count). The van der Waals surface area contributed by atoms with Crippen molar-refractivity contribution in [2.24, 2.45) is 0 Å². The third-order valence-electron chi connectivity index (χ3n) is 2.79. The summed E-state index contributed by atoms with van der Waals surface area (Å²) in [5.74, 6) is 0. The summed E-state index contributed by atoms with van der Waals surface area (Å²) in [6.07, 6.45) is 11.3. The molecule has 0 fully saturated rings. The van der Waals surface area contributed by atoms with Crippen LogP contribution in [0.15, 0.2) is 0 Å². The van der Waals surface area contributed by atoms with Crippen LogP contribution < -0.4 is 9.79 Å². The Bertz CT molecular complexity index is 194. The third-order valence-corrected chi connectivity index (χ3v) is 3.65. The molecule has 0 saturated carbocycles. The first kappa shape index (κ1) is 21.0. The van der Waals surface area contributed by atoms with Crippen LogP contribution in [-0.2, 0) is 4.57 Å². The van der Waals surface area contributed by atoms with Gasteiger partial charge in [-0.3, -0.25) is 0 Å². The minimum absolute atomic E-state index is 0. The summed E-state index contributed by atoms with van der Waals surface area (Å²) in [5.41, 5.74) is 0. The van der Waals surface area contributed by atoms with Crippen molar-refractivity contribution in [3.63, 3.8) is 0 Å². The molecule has 0 aliphatic rings. The molecule has 0 aromatic heterocycles. The first-order chi connectivity index (χ1) is 7.56. The van der Waals surface area contributed by atoms with Gasteiger partial charge in [0.25, 0.3) is 0 Å². The van der Waals surface area contributed by atoms with E-state index in [-0.39, 0.29) is 55.0 Å². The van der Waals surface area contributed by atoms with Crippen LogP contribution in [0, 0.1) is 0 Å². The molecule has 0 bridgehead atoms. The fourth-order valence-electron chi connectivity index (χ4n) is 1.79. The molecule has 17 heavy (non-hydrogen) atoms.